The summed E-state index contributed by atoms with van der Waals surface area (Å²) in [6, 6.07) is 0. The van der Waals surface area contributed by atoms with Crippen molar-refractivity contribution in [2.75, 3.05) is 0 Å². The zero-order valence-corrected chi connectivity index (χ0v) is 12.9. The maximum atomic E-state index is 10.3. The number of hydrogen-bond acceptors (Lipinski definition) is 4. The van der Waals surface area contributed by atoms with Gasteiger partial charge in [-0.3, -0.25) is 9.59 Å². The van der Waals surface area contributed by atoms with E-state index in [2.05, 4.69) is 0 Å². The summed E-state index contributed by atoms with van der Waals surface area (Å²) >= 11 is 0. The van der Waals surface area contributed by atoms with Crippen LogP contribution in [0.2, 0.25) is 0 Å². The van der Waals surface area contributed by atoms with E-state index in [-0.39, 0.29) is 67.4 Å². The molecule has 0 aliphatic heterocycles. The van der Waals surface area contributed by atoms with Crippen LogP contribution in [-0.4, -0.2) is 49.4 Å². The van der Waals surface area contributed by atoms with Crippen LogP contribution in [0.15, 0.2) is 0 Å². The van der Waals surface area contributed by atoms with Crippen molar-refractivity contribution in [1.82, 2.24) is 0 Å². The van der Waals surface area contributed by atoms with Crippen molar-refractivity contribution >= 4 is 17.9 Å². The van der Waals surface area contributed by atoms with Crippen molar-refractivity contribution in [3.63, 3.8) is 0 Å². The number of carboxylic acids is 3. The molecule has 8 nitrogen and oxygen atoms in total. The fourth-order valence-corrected chi connectivity index (χ4v) is 0.714. The molecule has 0 aliphatic rings. The van der Waals surface area contributed by atoms with E-state index < -0.39 is 36.4 Å². The third-order valence-corrected chi connectivity index (χ3v) is 1.29. The maximum Gasteiger partial charge on any atom is 1.00 e. The van der Waals surface area contributed by atoms with Crippen molar-refractivity contribution in [3.8, 4) is 0 Å². The second kappa shape index (κ2) is 10.5. The molecule has 10 heteroatoms. The number of carbonyl (C=O) groups is 3. The van der Waals surface area contributed by atoms with Crippen molar-refractivity contribution in [1.29, 1.82) is 0 Å². The van der Waals surface area contributed by atoms with Crippen LogP contribution in [0.1, 0.15) is 15.7 Å². The molecule has 0 saturated carbocycles. The summed E-state index contributed by atoms with van der Waals surface area (Å²) in [4.78, 5) is 30.5. The zero-order chi connectivity index (χ0) is 10.6. The first-order valence-electron chi connectivity index (χ1n) is 3.17. The molecule has 0 aliphatic carbocycles. The van der Waals surface area contributed by atoms with Crippen LogP contribution in [0.4, 0.5) is 0 Å². The Morgan fingerprint density at radius 2 is 1.19 bits per heavy atom. The Labute approximate surface area is 138 Å². The van der Waals surface area contributed by atoms with E-state index in [9.17, 15) is 14.4 Å². The van der Waals surface area contributed by atoms with Gasteiger partial charge in [-0.2, -0.15) is 0 Å². The zero-order valence-electron chi connectivity index (χ0n) is 10.9. The van der Waals surface area contributed by atoms with Gasteiger partial charge in [0.05, 0.1) is 12.8 Å². The van der Waals surface area contributed by atoms with Crippen LogP contribution in [0.5, 0.6) is 0 Å². The van der Waals surface area contributed by atoms with E-state index in [4.69, 9.17) is 20.4 Å². The normalized spacial score (nSPS) is 8.81. The van der Waals surface area contributed by atoms with Crippen molar-refractivity contribution in [2.45, 2.75) is 18.4 Å². The Bertz CT molecular complexity index is 246. The van der Waals surface area contributed by atoms with Crippen LogP contribution >= 0.6 is 0 Å². The SMILES string of the molecule is O.O=C(O)CC(O)(CC(=O)O)C(=O)O.[H-].[H-].[Na+].[Na+]. The van der Waals surface area contributed by atoms with Crippen LogP contribution in [0.3, 0.4) is 0 Å². The molecular weight excluding hydrogens is 246 g/mol. The third-order valence-electron chi connectivity index (χ3n) is 1.29. The summed E-state index contributed by atoms with van der Waals surface area (Å²) in [7, 11) is 0. The van der Waals surface area contributed by atoms with E-state index >= 15 is 0 Å². The van der Waals surface area contributed by atoms with Gasteiger partial charge in [0, 0.05) is 0 Å². The van der Waals surface area contributed by atoms with Crippen LogP contribution in [0, 0.1) is 0 Å². The van der Waals surface area contributed by atoms with E-state index in [0.29, 0.717) is 0 Å². The van der Waals surface area contributed by atoms with E-state index in [1.807, 2.05) is 0 Å². The average Bonchev–Trinajstić information content (AvgIpc) is 1.82. The van der Waals surface area contributed by atoms with Crippen molar-refractivity contribution in [3.05, 3.63) is 0 Å². The Morgan fingerprint density at radius 3 is 1.31 bits per heavy atom. The second-order valence-electron chi connectivity index (χ2n) is 2.48. The van der Waals surface area contributed by atoms with E-state index in [1.165, 1.54) is 0 Å². The molecule has 0 saturated heterocycles. The molecule has 6 N–H and O–H groups in total. The number of rotatable bonds is 5. The van der Waals surface area contributed by atoms with Crippen molar-refractivity contribution in [2.24, 2.45) is 0 Å². The van der Waals surface area contributed by atoms with Crippen molar-refractivity contribution < 1.29 is 102 Å². The minimum Gasteiger partial charge on any atom is -1.00 e. The predicted octanol–water partition coefficient (Wildman–Crippen LogP) is -7.84. The van der Waals surface area contributed by atoms with Gasteiger partial charge in [0.25, 0.3) is 0 Å². The molecule has 0 unspecified atom stereocenters. The van der Waals surface area contributed by atoms with Gasteiger partial charge in [-0.25, -0.2) is 4.79 Å². The molecule has 0 atom stereocenters. The molecule has 0 fully saturated rings. The Kier molecular flexibility index (Phi) is 16.5. The molecule has 16 heavy (non-hydrogen) atoms. The third kappa shape index (κ3) is 9.55. The Balaban J connectivity index is -0.0000000720. The quantitative estimate of drug-likeness (QED) is 0.355. The Hall–Kier alpha value is 0.330. The minimum absolute atomic E-state index is 0. The molecule has 0 aromatic rings. The molecule has 0 aromatic heterocycles. The van der Waals surface area contributed by atoms with Gasteiger partial charge in [-0.1, -0.05) is 0 Å². The number of hydrogen-bond donors (Lipinski definition) is 4. The van der Waals surface area contributed by atoms with Crippen LogP contribution in [0.25, 0.3) is 0 Å². The summed E-state index contributed by atoms with van der Waals surface area (Å²) in [6.45, 7) is 0. The predicted molar refractivity (Wildman–Crippen MR) is 42.9 cm³/mol. The molecular formula is C6H12Na2O8. The molecule has 0 rings (SSSR count). The van der Waals surface area contributed by atoms with Gasteiger partial charge in [0.1, 0.15) is 0 Å². The fourth-order valence-electron chi connectivity index (χ4n) is 0.714. The summed E-state index contributed by atoms with van der Waals surface area (Å²) < 4.78 is 0. The smallest absolute Gasteiger partial charge is 1.00 e. The fraction of sp³-hybridized carbons (Fsp3) is 0.500. The van der Waals surface area contributed by atoms with Gasteiger partial charge in [0.15, 0.2) is 5.60 Å². The van der Waals surface area contributed by atoms with Gasteiger partial charge in [0.2, 0.25) is 0 Å². The summed E-state index contributed by atoms with van der Waals surface area (Å²) in [5, 5.41) is 33.8. The van der Waals surface area contributed by atoms with Gasteiger partial charge in [-0.05, 0) is 0 Å². The van der Waals surface area contributed by atoms with E-state index in [1.54, 1.807) is 0 Å². The van der Waals surface area contributed by atoms with Gasteiger partial charge >= 0.3 is 77.0 Å². The summed E-state index contributed by atoms with van der Waals surface area (Å²) in [6.07, 6.45) is -2.29. The van der Waals surface area contributed by atoms with Crippen LogP contribution < -0.4 is 59.1 Å². The average molecular weight is 258 g/mol. The Morgan fingerprint density at radius 1 is 0.938 bits per heavy atom. The number of carboxylic acid groups (broad SMARTS) is 3. The molecule has 0 amide bonds. The molecule has 0 bridgehead atoms. The number of aliphatic carboxylic acids is 3. The molecule has 0 aromatic carbocycles. The molecule has 86 valence electrons. The first-order valence-corrected chi connectivity index (χ1v) is 3.17. The topological polar surface area (TPSA) is 164 Å². The van der Waals surface area contributed by atoms with E-state index in [0.717, 1.165) is 0 Å². The summed E-state index contributed by atoms with van der Waals surface area (Å²) in [5.74, 6) is -5.02. The maximum absolute atomic E-state index is 10.3. The first-order chi connectivity index (χ1) is 5.78. The first kappa shape index (κ1) is 25.2. The summed E-state index contributed by atoms with van der Waals surface area (Å²) in [5.41, 5.74) is -2.74. The molecule has 0 heterocycles. The monoisotopic (exact) mass is 258 g/mol. The molecule has 0 radical (unpaired) electrons. The van der Waals surface area contributed by atoms with Crippen LogP contribution in [-0.2, 0) is 14.4 Å². The standard InChI is InChI=1S/C6H8O7.2Na.H2O.2H/c7-3(8)1-6(13,5(11)12)2-4(9)10;;;;;/h13H,1-2H2,(H,7,8)(H,9,10)(H,11,12);;;1H2;;/q;2*+1;;2*-1. The molecule has 0 spiro atoms. The largest absolute Gasteiger partial charge is 1.00 e. The minimum atomic E-state index is -2.74. The van der Waals surface area contributed by atoms with Gasteiger partial charge < -0.3 is 28.8 Å². The second-order valence-corrected chi connectivity index (χ2v) is 2.48. The van der Waals surface area contributed by atoms with Gasteiger partial charge in [-0.15, -0.1) is 0 Å². The number of aliphatic hydroxyl groups is 1.